The average Bonchev–Trinajstić information content (AvgIpc) is 3.43. The van der Waals surface area contributed by atoms with Crippen LogP contribution in [0.2, 0.25) is 5.02 Å². The lowest BCUT2D eigenvalue weighted by atomic mass is 9.96. The molecule has 152 valence electrons. The number of carbonyl (C=O) groups excluding carboxylic acids is 1. The van der Waals surface area contributed by atoms with Crippen LogP contribution in [0.1, 0.15) is 12.8 Å². The van der Waals surface area contributed by atoms with E-state index >= 15 is 0 Å². The van der Waals surface area contributed by atoms with Crippen LogP contribution in [0.3, 0.4) is 0 Å². The Bertz CT molecular complexity index is 1190. The molecular weight excluding hydrogens is 424 g/mol. The summed E-state index contributed by atoms with van der Waals surface area (Å²) in [6.45, 7) is 1.47. The van der Waals surface area contributed by atoms with Crippen LogP contribution in [0.4, 0.5) is 10.9 Å². The topological polar surface area (TPSA) is 102 Å². The molecule has 9 nitrogen and oxygen atoms in total. The lowest BCUT2D eigenvalue weighted by molar-refractivity contribution is -0.120. The van der Waals surface area contributed by atoms with Crippen molar-refractivity contribution in [2.24, 2.45) is 5.92 Å². The number of halogens is 1. The van der Waals surface area contributed by atoms with Gasteiger partial charge in [0.05, 0.1) is 10.2 Å². The van der Waals surface area contributed by atoms with Gasteiger partial charge in [-0.1, -0.05) is 22.9 Å². The SMILES string of the molecule is O=C(Nc1nc2ccc(Cl)cc2s1)C1CCN(c2cc(-n3cncn3)ncn2)CC1. The van der Waals surface area contributed by atoms with Gasteiger partial charge in [0.25, 0.3) is 0 Å². The first-order valence-corrected chi connectivity index (χ1v) is 10.6. The van der Waals surface area contributed by atoms with E-state index in [1.54, 1.807) is 17.1 Å². The molecule has 1 amide bonds. The number of piperidine rings is 1. The third-order valence-electron chi connectivity index (χ3n) is 5.06. The molecule has 0 bridgehead atoms. The number of benzene rings is 1. The normalized spacial score (nSPS) is 14.9. The van der Waals surface area contributed by atoms with Gasteiger partial charge in [-0.05, 0) is 31.0 Å². The predicted molar refractivity (Wildman–Crippen MR) is 115 cm³/mol. The van der Waals surface area contributed by atoms with E-state index in [9.17, 15) is 4.79 Å². The summed E-state index contributed by atoms with van der Waals surface area (Å²) in [5.41, 5.74) is 0.835. The second-order valence-electron chi connectivity index (χ2n) is 6.96. The fraction of sp³-hybridized carbons (Fsp3) is 0.263. The summed E-state index contributed by atoms with van der Waals surface area (Å²) < 4.78 is 2.55. The molecule has 4 heterocycles. The van der Waals surface area contributed by atoms with Crippen molar-refractivity contribution in [2.45, 2.75) is 12.8 Å². The van der Waals surface area contributed by atoms with Gasteiger partial charge in [-0.3, -0.25) is 4.79 Å². The maximum atomic E-state index is 12.7. The van der Waals surface area contributed by atoms with Crippen LogP contribution in [0.5, 0.6) is 0 Å². The van der Waals surface area contributed by atoms with Crippen LogP contribution in [-0.2, 0) is 4.79 Å². The zero-order valence-corrected chi connectivity index (χ0v) is 17.3. The van der Waals surface area contributed by atoms with Crippen LogP contribution in [0, 0.1) is 5.92 Å². The van der Waals surface area contributed by atoms with E-state index in [1.165, 1.54) is 24.0 Å². The lowest BCUT2D eigenvalue weighted by Crippen LogP contribution is -2.38. The molecular formula is C19H17ClN8OS. The molecule has 0 saturated carbocycles. The van der Waals surface area contributed by atoms with Crippen molar-refractivity contribution in [1.82, 2.24) is 29.7 Å². The highest BCUT2D eigenvalue weighted by molar-refractivity contribution is 7.22. The summed E-state index contributed by atoms with van der Waals surface area (Å²) >= 11 is 7.46. The van der Waals surface area contributed by atoms with E-state index in [4.69, 9.17) is 11.6 Å². The van der Waals surface area contributed by atoms with Crippen LogP contribution >= 0.6 is 22.9 Å². The number of anilines is 2. The van der Waals surface area contributed by atoms with E-state index < -0.39 is 0 Å². The standard InChI is InChI=1S/C19H17ClN8OS/c20-13-1-2-14-15(7-13)30-19(25-14)26-18(29)12-3-5-27(6-4-12)16-8-17(23-10-22-16)28-11-21-9-24-28/h1-2,7-12H,3-6H2,(H,25,26,29). The number of rotatable bonds is 4. The minimum absolute atomic E-state index is 0.00537. The number of carbonyl (C=O) groups is 1. The zero-order chi connectivity index (χ0) is 20.5. The summed E-state index contributed by atoms with van der Waals surface area (Å²) in [5, 5.41) is 8.33. The Kier molecular flexibility index (Phi) is 5.01. The molecule has 1 fully saturated rings. The molecule has 1 N–H and O–H groups in total. The second kappa shape index (κ2) is 7.96. The van der Waals surface area contributed by atoms with Gasteiger partial charge in [-0.25, -0.2) is 24.6 Å². The van der Waals surface area contributed by atoms with E-state index in [1.807, 2.05) is 18.2 Å². The molecule has 1 aliphatic heterocycles. The van der Waals surface area contributed by atoms with Crippen molar-refractivity contribution < 1.29 is 4.79 Å². The van der Waals surface area contributed by atoms with Gasteiger partial charge in [-0.2, -0.15) is 5.10 Å². The average molecular weight is 441 g/mol. The first-order chi connectivity index (χ1) is 14.7. The molecule has 11 heteroatoms. The summed E-state index contributed by atoms with van der Waals surface area (Å²) in [5.74, 6) is 1.42. The number of aromatic nitrogens is 6. The summed E-state index contributed by atoms with van der Waals surface area (Å²) in [6.07, 6.45) is 6.06. The van der Waals surface area contributed by atoms with Crippen molar-refractivity contribution in [2.75, 3.05) is 23.3 Å². The molecule has 0 radical (unpaired) electrons. The number of fused-ring (bicyclic) bond motifs is 1. The first-order valence-electron chi connectivity index (χ1n) is 9.45. The molecule has 1 aromatic carbocycles. The Morgan fingerprint density at radius 1 is 1.13 bits per heavy atom. The Labute approximate surface area is 180 Å². The quantitative estimate of drug-likeness (QED) is 0.520. The van der Waals surface area contributed by atoms with Crippen molar-refractivity contribution in [1.29, 1.82) is 0 Å². The van der Waals surface area contributed by atoms with Crippen molar-refractivity contribution in [3.8, 4) is 5.82 Å². The first kappa shape index (κ1) is 18.9. The molecule has 1 aliphatic rings. The highest BCUT2D eigenvalue weighted by Gasteiger charge is 2.26. The van der Waals surface area contributed by atoms with Crippen LogP contribution in [0.25, 0.3) is 16.0 Å². The summed E-state index contributed by atoms with van der Waals surface area (Å²) in [4.78, 5) is 31.9. The Hall–Kier alpha value is -3.11. The van der Waals surface area contributed by atoms with Gasteiger partial charge >= 0.3 is 0 Å². The number of amides is 1. The fourth-order valence-corrected chi connectivity index (χ4v) is 4.64. The fourth-order valence-electron chi connectivity index (χ4n) is 3.49. The highest BCUT2D eigenvalue weighted by Crippen LogP contribution is 2.29. The molecule has 0 unspecified atom stereocenters. The van der Waals surface area contributed by atoms with Crippen molar-refractivity contribution >= 4 is 50.0 Å². The Balaban J connectivity index is 1.22. The maximum absolute atomic E-state index is 12.7. The lowest BCUT2D eigenvalue weighted by Gasteiger charge is -2.32. The van der Waals surface area contributed by atoms with Crippen LogP contribution in [0.15, 0.2) is 43.2 Å². The van der Waals surface area contributed by atoms with Gasteiger partial charge < -0.3 is 10.2 Å². The third-order valence-corrected chi connectivity index (χ3v) is 6.23. The molecule has 30 heavy (non-hydrogen) atoms. The van der Waals surface area contributed by atoms with Crippen molar-refractivity contribution in [3.63, 3.8) is 0 Å². The monoisotopic (exact) mass is 440 g/mol. The molecule has 3 aromatic heterocycles. The molecule has 4 aromatic rings. The van der Waals surface area contributed by atoms with E-state index in [2.05, 4.69) is 35.3 Å². The van der Waals surface area contributed by atoms with Gasteiger partial charge in [-0.15, -0.1) is 0 Å². The molecule has 1 saturated heterocycles. The van der Waals surface area contributed by atoms with Gasteiger partial charge in [0.15, 0.2) is 10.9 Å². The van der Waals surface area contributed by atoms with Crippen molar-refractivity contribution in [3.05, 3.63) is 48.3 Å². The summed E-state index contributed by atoms with van der Waals surface area (Å²) in [6, 6.07) is 7.39. The number of nitrogens with zero attached hydrogens (tertiary/aromatic N) is 7. The van der Waals surface area contributed by atoms with Crippen LogP contribution < -0.4 is 10.2 Å². The largest absolute Gasteiger partial charge is 0.356 e. The molecule has 0 atom stereocenters. The van der Waals surface area contributed by atoms with Gasteiger partial charge in [0.1, 0.15) is 24.8 Å². The second-order valence-corrected chi connectivity index (χ2v) is 8.42. The molecule has 5 rings (SSSR count). The van der Waals surface area contributed by atoms with E-state index in [-0.39, 0.29) is 11.8 Å². The number of hydrogen-bond acceptors (Lipinski definition) is 8. The third kappa shape index (κ3) is 3.83. The van der Waals surface area contributed by atoms with Crippen LogP contribution in [-0.4, -0.2) is 48.7 Å². The Morgan fingerprint density at radius 3 is 2.77 bits per heavy atom. The zero-order valence-electron chi connectivity index (χ0n) is 15.8. The van der Waals surface area contributed by atoms with Gasteiger partial charge in [0.2, 0.25) is 5.91 Å². The predicted octanol–water partition coefficient (Wildman–Crippen LogP) is 3.18. The highest BCUT2D eigenvalue weighted by atomic mass is 35.5. The number of nitrogens with one attached hydrogen (secondary N) is 1. The van der Waals surface area contributed by atoms with Gasteiger partial charge in [0, 0.05) is 30.1 Å². The minimum atomic E-state index is -0.0616. The number of hydrogen-bond donors (Lipinski definition) is 1. The van der Waals surface area contributed by atoms with E-state index in [0.717, 1.165) is 42.0 Å². The Morgan fingerprint density at radius 2 is 1.97 bits per heavy atom. The van der Waals surface area contributed by atoms with E-state index in [0.29, 0.717) is 16.0 Å². The summed E-state index contributed by atoms with van der Waals surface area (Å²) in [7, 11) is 0. The smallest absolute Gasteiger partial charge is 0.229 e. The maximum Gasteiger partial charge on any atom is 0.229 e. The number of thiazole rings is 1. The molecule has 0 spiro atoms. The minimum Gasteiger partial charge on any atom is -0.356 e. The molecule has 0 aliphatic carbocycles.